The van der Waals surface area contributed by atoms with Gasteiger partial charge < -0.3 is 10.6 Å². The predicted molar refractivity (Wildman–Crippen MR) is 124 cm³/mol. The Kier molecular flexibility index (Phi) is 11.1. The first kappa shape index (κ1) is 23.1. The van der Waals surface area contributed by atoms with Gasteiger partial charge in [0.15, 0.2) is 5.96 Å². The molecular weight excluding hydrogens is 477 g/mol. The lowest BCUT2D eigenvalue weighted by Gasteiger charge is -2.17. The molecule has 1 aromatic heterocycles. The van der Waals surface area contributed by atoms with Crippen LogP contribution in [0.3, 0.4) is 0 Å². The van der Waals surface area contributed by atoms with Crippen LogP contribution in [0.25, 0.3) is 0 Å². The molecule has 2 N–H and O–H groups in total. The number of thiophene rings is 1. The minimum atomic E-state index is -1.01. The Balaban J connectivity index is 0.00000338. The van der Waals surface area contributed by atoms with Gasteiger partial charge in [0, 0.05) is 39.4 Å². The van der Waals surface area contributed by atoms with E-state index in [1.807, 2.05) is 48.6 Å². The van der Waals surface area contributed by atoms with Crippen molar-refractivity contribution in [3.05, 3.63) is 52.2 Å². The summed E-state index contributed by atoms with van der Waals surface area (Å²) >= 11 is 1.84. The first-order valence-electron chi connectivity index (χ1n) is 8.62. The SMILES string of the molecule is CCNC(=NCCS(=O)c1ccccc1)NC(C)Cc1ccc(C)s1.I. The Morgan fingerprint density at radius 3 is 2.58 bits per heavy atom. The van der Waals surface area contributed by atoms with Gasteiger partial charge in [-0.1, -0.05) is 18.2 Å². The Morgan fingerprint density at radius 1 is 1.23 bits per heavy atom. The molecule has 4 nitrogen and oxygen atoms in total. The monoisotopic (exact) mass is 505 g/mol. The summed E-state index contributed by atoms with van der Waals surface area (Å²) in [4.78, 5) is 8.14. The zero-order valence-electron chi connectivity index (χ0n) is 15.5. The average molecular weight is 505 g/mol. The molecule has 26 heavy (non-hydrogen) atoms. The predicted octanol–water partition coefficient (Wildman–Crippen LogP) is 3.97. The van der Waals surface area contributed by atoms with E-state index in [4.69, 9.17) is 0 Å². The largest absolute Gasteiger partial charge is 0.357 e. The molecule has 2 atom stereocenters. The van der Waals surface area contributed by atoms with E-state index in [0.717, 1.165) is 23.8 Å². The number of nitrogens with zero attached hydrogens (tertiary/aromatic N) is 1. The molecule has 0 saturated heterocycles. The minimum absolute atomic E-state index is 0. The van der Waals surface area contributed by atoms with Crippen LogP contribution in [-0.4, -0.2) is 35.1 Å². The van der Waals surface area contributed by atoms with E-state index in [9.17, 15) is 4.21 Å². The maximum Gasteiger partial charge on any atom is 0.191 e. The molecule has 0 fully saturated rings. The molecule has 0 aliphatic carbocycles. The molecule has 0 aliphatic rings. The Labute approximate surface area is 180 Å². The summed E-state index contributed by atoms with van der Waals surface area (Å²) in [5.74, 6) is 1.31. The van der Waals surface area contributed by atoms with E-state index in [0.29, 0.717) is 12.3 Å². The van der Waals surface area contributed by atoms with Gasteiger partial charge in [-0.2, -0.15) is 0 Å². The quantitative estimate of drug-likeness (QED) is 0.325. The van der Waals surface area contributed by atoms with Gasteiger partial charge in [-0.3, -0.25) is 9.20 Å². The first-order chi connectivity index (χ1) is 12.1. The van der Waals surface area contributed by atoms with Crippen molar-refractivity contribution < 1.29 is 4.21 Å². The van der Waals surface area contributed by atoms with Gasteiger partial charge in [0.25, 0.3) is 0 Å². The summed E-state index contributed by atoms with van der Waals surface area (Å²) in [6.45, 7) is 7.67. The van der Waals surface area contributed by atoms with E-state index in [1.165, 1.54) is 9.75 Å². The van der Waals surface area contributed by atoms with Gasteiger partial charge in [-0.25, -0.2) is 0 Å². The average Bonchev–Trinajstić information content (AvgIpc) is 3.00. The summed E-state index contributed by atoms with van der Waals surface area (Å²) < 4.78 is 12.3. The highest BCUT2D eigenvalue weighted by Gasteiger charge is 2.08. The van der Waals surface area contributed by atoms with E-state index in [-0.39, 0.29) is 30.0 Å². The van der Waals surface area contributed by atoms with Crippen molar-refractivity contribution in [3.8, 4) is 0 Å². The molecule has 1 heterocycles. The van der Waals surface area contributed by atoms with Crippen LogP contribution in [0.5, 0.6) is 0 Å². The second-order valence-corrected chi connectivity index (χ2v) is 8.83. The summed E-state index contributed by atoms with van der Waals surface area (Å²) in [5.41, 5.74) is 0. The van der Waals surface area contributed by atoms with Gasteiger partial charge in [0.05, 0.1) is 17.3 Å². The van der Waals surface area contributed by atoms with Crippen LogP contribution in [0.15, 0.2) is 52.4 Å². The minimum Gasteiger partial charge on any atom is -0.357 e. The van der Waals surface area contributed by atoms with Crippen LogP contribution in [0, 0.1) is 6.92 Å². The molecule has 0 bridgehead atoms. The molecule has 0 saturated carbocycles. The van der Waals surface area contributed by atoms with Crippen LogP contribution in [0.1, 0.15) is 23.6 Å². The van der Waals surface area contributed by atoms with Crippen LogP contribution < -0.4 is 10.6 Å². The van der Waals surface area contributed by atoms with Crippen molar-refractivity contribution >= 4 is 52.1 Å². The number of hydrogen-bond donors (Lipinski definition) is 2. The zero-order chi connectivity index (χ0) is 18.1. The standard InChI is InChI=1S/C19H27N3OS2.HI/c1-4-20-19(22-15(2)14-17-11-10-16(3)24-17)21-12-13-25(23)18-8-6-5-7-9-18;/h5-11,15H,4,12-14H2,1-3H3,(H2,20,21,22);1H. The van der Waals surface area contributed by atoms with Crippen molar-refractivity contribution in [3.63, 3.8) is 0 Å². The zero-order valence-corrected chi connectivity index (χ0v) is 19.5. The van der Waals surface area contributed by atoms with Crippen LogP contribution in [0.4, 0.5) is 0 Å². The van der Waals surface area contributed by atoms with Crippen molar-refractivity contribution in [2.45, 2.75) is 38.1 Å². The normalized spacial score (nSPS) is 13.6. The molecule has 0 spiro atoms. The lowest BCUT2D eigenvalue weighted by molar-refractivity contribution is 0.646. The Bertz CT molecular complexity index is 704. The topological polar surface area (TPSA) is 53.5 Å². The molecule has 2 aromatic rings. The van der Waals surface area contributed by atoms with Crippen LogP contribution in [-0.2, 0) is 17.2 Å². The molecule has 0 amide bonds. The Hall–Kier alpha value is -0.930. The summed E-state index contributed by atoms with van der Waals surface area (Å²) in [5, 5.41) is 6.70. The summed E-state index contributed by atoms with van der Waals surface area (Å²) in [6.07, 6.45) is 0.971. The van der Waals surface area contributed by atoms with Crippen molar-refractivity contribution in [1.82, 2.24) is 10.6 Å². The number of aryl methyl sites for hydroxylation is 1. The second-order valence-electron chi connectivity index (χ2n) is 5.89. The van der Waals surface area contributed by atoms with Crippen molar-refractivity contribution in [1.29, 1.82) is 0 Å². The van der Waals surface area contributed by atoms with E-state index >= 15 is 0 Å². The van der Waals surface area contributed by atoms with Gasteiger partial charge >= 0.3 is 0 Å². The lowest BCUT2D eigenvalue weighted by atomic mass is 10.2. The van der Waals surface area contributed by atoms with Crippen LogP contribution in [0.2, 0.25) is 0 Å². The fourth-order valence-electron chi connectivity index (χ4n) is 2.43. The fraction of sp³-hybridized carbons (Fsp3) is 0.421. The van der Waals surface area contributed by atoms with Crippen molar-refractivity contribution in [2.24, 2.45) is 4.99 Å². The highest BCUT2D eigenvalue weighted by molar-refractivity contribution is 14.0. The van der Waals surface area contributed by atoms with E-state index in [1.54, 1.807) is 0 Å². The van der Waals surface area contributed by atoms with Gasteiger partial charge in [0.1, 0.15) is 0 Å². The highest BCUT2D eigenvalue weighted by atomic mass is 127. The Morgan fingerprint density at radius 2 is 1.96 bits per heavy atom. The van der Waals surface area contributed by atoms with E-state index in [2.05, 4.69) is 41.6 Å². The third kappa shape index (κ3) is 8.18. The summed E-state index contributed by atoms with van der Waals surface area (Å²) in [7, 11) is -1.01. The number of nitrogens with one attached hydrogen (secondary N) is 2. The van der Waals surface area contributed by atoms with Crippen LogP contribution >= 0.6 is 35.3 Å². The maximum absolute atomic E-state index is 12.3. The number of guanidine groups is 1. The smallest absolute Gasteiger partial charge is 0.191 e. The highest BCUT2D eigenvalue weighted by Crippen LogP contribution is 2.16. The second kappa shape index (κ2) is 12.5. The number of halogens is 1. The van der Waals surface area contributed by atoms with Crippen molar-refractivity contribution in [2.75, 3.05) is 18.8 Å². The number of rotatable bonds is 8. The van der Waals surface area contributed by atoms with Gasteiger partial charge in [-0.05, 0) is 45.0 Å². The molecule has 1 aromatic carbocycles. The van der Waals surface area contributed by atoms with Gasteiger partial charge in [0.2, 0.25) is 0 Å². The number of benzene rings is 1. The third-order valence-corrected chi connectivity index (χ3v) is 5.96. The molecule has 0 radical (unpaired) electrons. The first-order valence-corrected chi connectivity index (χ1v) is 10.8. The molecule has 2 unspecified atom stereocenters. The molecule has 0 aliphatic heterocycles. The molecule has 7 heteroatoms. The number of aliphatic imine (C=N–C) groups is 1. The maximum atomic E-state index is 12.3. The molecular formula is C19H28IN3OS2. The van der Waals surface area contributed by atoms with E-state index < -0.39 is 10.8 Å². The molecule has 2 rings (SSSR count). The summed E-state index contributed by atoms with van der Waals surface area (Å²) in [6, 6.07) is 14.2. The van der Waals surface area contributed by atoms with Gasteiger partial charge in [-0.15, -0.1) is 35.3 Å². The lowest BCUT2D eigenvalue weighted by Crippen LogP contribution is -2.43. The molecule has 144 valence electrons. The third-order valence-electron chi connectivity index (χ3n) is 3.58. The fourth-order valence-corrected chi connectivity index (χ4v) is 4.40. The number of hydrogen-bond acceptors (Lipinski definition) is 3.